The van der Waals surface area contributed by atoms with Crippen molar-refractivity contribution in [2.75, 3.05) is 19.6 Å². The topological polar surface area (TPSA) is 0 Å². The lowest BCUT2D eigenvalue weighted by Gasteiger charge is -2.45. The maximum Gasteiger partial charge on any atom is 0.0931 e. The predicted octanol–water partition coefficient (Wildman–Crippen LogP) is 7.40. The minimum absolute atomic E-state index is 0.794. The van der Waals surface area contributed by atoms with E-state index in [4.69, 9.17) is 0 Å². The molecule has 0 aliphatic heterocycles. The average Bonchev–Trinajstić information content (AvgIpc) is 2.68. The zero-order chi connectivity index (χ0) is 19.1. The molecule has 0 fully saturated rings. The number of nitrogens with zero attached hydrogens (tertiary/aromatic N) is 1. The van der Waals surface area contributed by atoms with Crippen LogP contribution in [0.3, 0.4) is 0 Å². The van der Waals surface area contributed by atoms with Gasteiger partial charge in [-0.15, -0.1) is 0 Å². The van der Waals surface area contributed by atoms with Crippen LogP contribution >= 0.6 is 0 Å². The van der Waals surface area contributed by atoms with Gasteiger partial charge >= 0.3 is 0 Å². The van der Waals surface area contributed by atoms with Gasteiger partial charge in [-0.05, 0) is 38.2 Å². The first-order valence-corrected chi connectivity index (χ1v) is 11.6. The molecular weight excluding hydrogens is 314 g/mol. The number of hydrogen-bond donors (Lipinski definition) is 0. The highest BCUT2D eigenvalue weighted by molar-refractivity contribution is 5.15. The Balaban J connectivity index is 2.89. The molecule has 1 atom stereocenters. The second-order valence-corrected chi connectivity index (χ2v) is 8.24. The van der Waals surface area contributed by atoms with Gasteiger partial charge in [0.1, 0.15) is 0 Å². The molecule has 0 saturated carbocycles. The molecule has 0 radical (unpaired) electrons. The molecule has 0 spiro atoms. The molecule has 1 aromatic carbocycles. The molecule has 0 amide bonds. The highest BCUT2D eigenvalue weighted by Crippen LogP contribution is 2.26. The van der Waals surface area contributed by atoms with Crippen molar-refractivity contribution in [3.63, 3.8) is 0 Å². The van der Waals surface area contributed by atoms with Crippen LogP contribution < -0.4 is 0 Å². The minimum atomic E-state index is 0.794. The fourth-order valence-electron chi connectivity index (χ4n) is 4.44. The Morgan fingerprint density at radius 2 is 1.27 bits per heavy atom. The van der Waals surface area contributed by atoms with Crippen LogP contribution in [-0.2, 0) is 6.42 Å². The highest BCUT2D eigenvalue weighted by Gasteiger charge is 2.34. The first kappa shape index (κ1) is 23.2. The van der Waals surface area contributed by atoms with E-state index >= 15 is 0 Å². The standard InChI is InChI=1S/C25H46N/c1-5-9-12-13-17-20-25(23-24-18-15-14-16-19-24)26(8-4,21-10-6-2)22-11-7-3/h14-16,18-19,25H,5-13,17,20-23H2,1-4H3/q+1. The Morgan fingerprint density at radius 1 is 0.692 bits per heavy atom. The number of benzene rings is 1. The van der Waals surface area contributed by atoms with Crippen molar-refractivity contribution < 1.29 is 4.48 Å². The lowest BCUT2D eigenvalue weighted by molar-refractivity contribution is -0.950. The maximum absolute atomic E-state index is 2.44. The predicted molar refractivity (Wildman–Crippen MR) is 118 cm³/mol. The van der Waals surface area contributed by atoms with Gasteiger partial charge in [0.2, 0.25) is 0 Å². The summed E-state index contributed by atoms with van der Waals surface area (Å²) in [5, 5.41) is 0. The SMILES string of the molecule is CCCCCCCC(Cc1ccccc1)[N+](CC)(CCCC)CCCC. The lowest BCUT2D eigenvalue weighted by Crippen LogP contribution is -2.57. The van der Waals surface area contributed by atoms with Crippen molar-refractivity contribution in [3.05, 3.63) is 35.9 Å². The Hall–Kier alpha value is -0.820. The van der Waals surface area contributed by atoms with Crippen molar-refractivity contribution >= 4 is 0 Å². The van der Waals surface area contributed by atoms with Gasteiger partial charge in [-0.3, -0.25) is 0 Å². The Kier molecular flexibility index (Phi) is 12.7. The van der Waals surface area contributed by atoms with E-state index in [1.807, 2.05) is 0 Å². The molecule has 0 aliphatic rings. The largest absolute Gasteiger partial charge is 0.321 e. The van der Waals surface area contributed by atoms with Gasteiger partial charge in [-0.25, -0.2) is 0 Å². The average molecular weight is 361 g/mol. The van der Waals surface area contributed by atoms with Crippen LogP contribution in [0.5, 0.6) is 0 Å². The van der Waals surface area contributed by atoms with Crippen LogP contribution in [0.2, 0.25) is 0 Å². The van der Waals surface area contributed by atoms with Crippen LogP contribution in [0, 0.1) is 0 Å². The maximum atomic E-state index is 2.44. The number of hydrogen-bond acceptors (Lipinski definition) is 0. The smallest absolute Gasteiger partial charge is 0.0931 e. The molecule has 1 unspecified atom stereocenters. The first-order valence-electron chi connectivity index (χ1n) is 11.6. The number of likely N-dealkylation sites (N-methyl/N-ethyl adjacent to an activating group) is 1. The molecule has 1 nitrogen and oxygen atoms in total. The summed E-state index contributed by atoms with van der Waals surface area (Å²) < 4.78 is 1.35. The van der Waals surface area contributed by atoms with Crippen LogP contribution in [0.15, 0.2) is 30.3 Å². The third-order valence-electron chi connectivity index (χ3n) is 6.27. The van der Waals surface area contributed by atoms with E-state index in [1.165, 1.54) is 100 Å². The van der Waals surface area contributed by atoms with E-state index in [9.17, 15) is 0 Å². The fourth-order valence-corrected chi connectivity index (χ4v) is 4.44. The van der Waals surface area contributed by atoms with E-state index in [2.05, 4.69) is 58.0 Å². The fraction of sp³-hybridized carbons (Fsp3) is 0.760. The number of rotatable bonds is 16. The van der Waals surface area contributed by atoms with Gasteiger partial charge in [0.15, 0.2) is 0 Å². The quantitative estimate of drug-likeness (QED) is 0.213. The minimum Gasteiger partial charge on any atom is -0.321 e. The van der Waals surface area contributed by atoms with Gasteiger partial charge < -0.3 is 4.48 Å². The molecule has 1 heteroatoms. The Labute approximate surface area is 164 Å². The Bertz CT molecular complexity index is 417. The summed E-state index contributed by atoms with van der Waals surface area (Å²) in [6, 6.07) is 12.1. The molecule has 150 valence electrons. The van der Waals surface area contributed by atoms with Crippen molar-refractivity contribution in [2.24, 2.45) is 0 Å². The van der Waals surface area contributed by atoms with Crippen molar-refractivity contribution in [1.82, 2.24) is 0 Å². The van der Waals surface area contributed by atoms with E-state index in [1.54, 1.807) is 0 Å². The van der Waals surface area contributed by atoms with Crippen LogP contribution in [-0.4, -0.2) is 30.2 Å². The molecule has 1 rings (SSSR count). The summed E-state index contributed by atoms with van der Waals surface area (Å²) in [6.45, 7) is 13.5. The third-order valence-corrected chi connectivity index (χ3v) is 6.27. The zero-order valence-electron chi connectivity index (χ0n) is 18.3. The van der Waals surface area contributed by atoms with E-state index < -0.39 is 0 Å². The monoisotopic (exact) mass is 360 g/mol. The molecule has 0 aromatic heterocycles. The molecule has 0 saturated heterocycles. The van der Waals surface area contributed by atoms with Gasteiger partial charge in [-0.1, -0.05) is 89.6 Å². The van der Waals surface area contributed by atoms with Crippen LogP contribution in [0.25, 0.3) is 0 Å². The Morgan fingerprint density at radius 3 is 1.81 bits per heavy atom. The molecule has 0 aliphatic carbocycles. The summed E-state index contributed by atoms with van der Waals surface area (Å²) in [5.41, 5.74) is 1.54. The van der Waals surface area contributed by atoms with Crippen LogP contribution in [0.4, 0.5) is 0 Å². The molecular formula is C25H46N+. The molecule has 0 N–H and O–H groups in total. The summed E-state index contributed by atoms with van der Waals surface area (Å²) in [4.78, 5) is 0. The third kappa shape index (κ3) is 8.25. The molecule has 26 heavy (non-hydrogen) atoms. The summed E-state index contributed by atoms with van der Waals surface area (Å²) in [7, 11) is 0. The number of unbranched alkanes of at least 4 members (excludes halogenated alkanes) is 6. The number of quaternary nitrogens is 1. The van der Waals surface area contributed by atoms with Gasteiger partial charge in [-0.2, -0.15) is 0 Å². The van der Waals surface area contributed by atoms with E-state index in [0.29, 0.717) is 0 Å². The van der Waals surface area contributed by atoms with Crippen LogP contribution in [0.1, 0.15) is 97.5 Å². The molecule has 0 heterocycles. The lowest BCUT2D eigenvalue weighted by atomic mass is 9.95. The van der Waals surface area contributed by atoms with Gasteiger partial charge in [0.25, 0.3) is 0 Å². The molecule has 0 bridgehead atoms. The second-order valence-electron chi connectivity index (χ2n) is 8.24. The first-order chi connectivity index (χ1) is 12.7. The summed E-state index contributed by atoms with van der Waals surface area (Å²) >= 11 is 0. The van der Waals surface area contributed by atoms with Gasteiger partial charge in [0.05, 0.1) is 25.7 Å². The highest BCUT2D eigenvalue weighted by atomic mass is 15.4. The zero-order valence-corrected chi connectivity index (χ0v) is 18.3. The summed E-state index contributed by atoms with van der Waals surface area (Å²) in [5.74, 6) is 0. The van der Waals surface area contributed by atoms with Crippen molar-refractivity contribution in [3.8, 4) is 0 Å². The molecule has 1 aromatic rings. The second kappa shape index (κ2) is 14.3. The van der Waals surface area contributed by atoms with E-state index in [0.717, 1.165) is 6.04 Å². The normalized spacial score (nSPS) is 13.1. The van der Waals surface area contributed by atoms with Crippen molar-refractivity contribution in [1.29, 1.82) is 0 Å². The van der Waals surface area contributed by atoms with E-state index in [-0.39, 0.29) is 0 Å². The summed E-state index contributed by atoms with van der Waals surface area (Å²) in [6.07, 6.45) is 15.1. The van der Waals surface area contributed by atoms with Gasteiger partial charge in [0, 0.05) is 6.42 Å². The van der Waals surface area contributed by atoms with Crippen molar-refractivity contribution in [2.45, 2.75) is 104 Å².